The Balaban J connectivity index is 2.53. The predicted octanol–water partition coefficient (Wildman–Crippen LogP) is 4.57. The number of allylic oxidation sites excluding steroid dienone is 1. The normalized spacial score (nSPS) is 22.0. The van der Waals surface area contributed by atoms with Gasteiger partial charge in [-0.15, -0.1) is 0 Å². The fourth-order valence-electron chi connectivity index (χ4n) is 1.76. The van der Waals surface area contributed by atoms with E-state index in [1.165, 1.54) is 36.8 Å². The van der Waals surface area contributed by atoms with Crippen molar-refractivity contribution in [2.24, 2.45) is 5.92 Å². The van der Waals surface area contributed by atoms with Gasteiger partial charge in [0.05, 0.1) is 8.07 Å². The molecule has 0 heterocycles. The molecule has 0 bridgehead atoms. The van der Waals surface area contributed by atoms with Gasteiger partial charge in [-0.25, -0.2) is 0 Å². The first-order valence-corrected chi connectivity index (χ1v) is 9.26. The van der Waals surface area contributed by atoms with E-state index in [9.17, 15) is 0 Å². The zero-order chi connectivity index (χ0) is 9.90. The Morgan fingerprint density at radius 1 is 1.15 bits per heavy atom. The van der Waals surface area contributed by atoms with Crippen LogP contribution in [0.25, 0.3) is 0 Å². The molecule has 1 rings (SSSR count). The lowest BCUT2D eigenvalue weighted by Crippen LogP contribution is -2.21. The molecule has 0 nitrogen and oxygen atoms in total. The van der Waals surface area contributed by atoms with E-state index >= 15 is 0 Å². The monoisotopic (exact) mass is 216 g/mol. The topological polar surface area (TPSA) is 0 Å². The SMILES string of the molecule is C[Si](C)(C)/C(Cl)=C/C1CCCCC1. The van der Waals surface area contributed by atoms with Crippen LogP contribution in [0.4, 0.5) is 0 Å². The van der Waals surface area contributed by atoms with Crippen molar-refractivity contribution in [2.75, 3.05) is 0 Å². The van der Waals surface area contributed by atoms with Crippen molar-refractivity contribution in [3.8, 4) is 0 Å². The highest BCUT2D eigenvalue weighted by atomic mass is 35.5. The van der Waals surface area contributed by atoms with E-state index in [1.807, 2.05) is 0 Å². The smallest absolute Gasteiger partial charge is 0.0918 e. The Labute approximate surface area is 88.4 Å². The van der Waals surface area contributed by atoms with E-state index < -0.39 is 8.07 Å². The van der Waals surface area contributed by atoms with Crippen LogP contribution in [0.5, 0.6) is 0 Å². The summed E-state index contributed by atoms with van der Waals surface area (Å²) >= 11 is 6.31. The van der Waals surface area contributed by atoms with Crippen molar-refractivity contribution in [1.82, 2.24) is 0 Å². The summed E-state index contributed by atoms with van der Waals surface area (Å²) in [5.74, 6) is 0.785. The summed E-state index contributed by atoms with van der Waals surface area (Å²) in [6.45, 7) is 6.94. The van der Waals surface area contributed by atoms with Crippen molar-refractivity contribution < 1.29 is 0 Å². The third-order valence-electron chi connectivity index (χ3n) is 2.75. The van der Waals surface area contributed by atoms with Crippen LogP contribution in [0.2, 0.25) is 19.6 Å². The Bertz CT molecular complexity index is 185. The van der Waals surface area contributed by atoms with Gasteiger partial charge in [-0.3, -0.25) is 0 Å². The first kappa shape index (κ1) is 11.3. The van der Waals surface area contributed by atoms with Crippen LogP contribution in [0.15, 0.2) is 10.7 Å². The summed E-state index contributed by atoms with van der Waals surface area (Å²) in [7, 11) is -1.22. The van der Waals surface area contributed by atoms with Crippen molar-refractivity contribution >= 4 is 19.7 Å². The zero-order valence-corrected chi connectivity index (χ0v) is 10.8. The number of hydrogen-bond donors (Lipinski definition) is 0. The van der Waals surface area contributed by atoms with Gasteiger partial charge in [-0.1, -0.05) is 56.6 Å². The molecule has 0 aromatic rings. The van der Waals surface area contributed by atoms with Gasteiger partial charge in [-0.2, -0.15) is 0 Å². The summed E-state index contributed by atoms with van der Waals surface area (Å²) < 4.78 is 1.18. The molecule has 1 fully saturated rings. The molecule has 76 valence electrons. The van der Waals surface area contributed by atoms with Gasteiger partial charge in [0.25, 0.3) is 0 Å². The average molecular weight is 217 g/mol. The largest absolute Gasteiger partial charge is 0.0946 e. The molecule has 0 radical (unpaired) electrons. The minimum Gasteiger partial charge on any atom is -0.0946 e. The Hall–Kier alpha value is 0.247. The quantitative estimate of drug-likeness (QED) is 0.594. The standard InChI is InChI=1S/C11H21ClSi/c1-13(2,3)11(12)9-10-7-5-4-6-8-10/h9-10H,4-8H2,1-3H3/b11-9+. The molecule has 0 N–H and O–H groups in total. The van der Waals surface area contributed by atoms with Gasteiger partial charge in [-0.05, 0) is 23.4 Å². The second-order valence-corrected chi connectivity index (χ2v) is 10.9. The Morgan fingerprint density at radius 2 is 1.69 bits per heavy atom. The molecule has 13 heavy (non-hydrogen) atoms. The summed E-state index contributed by atoms with van der Waals surface area (Å²) in [5, 5.41) is 0. The van der Waals surface area contributed by atoms with Gasteiger partial charge in [0, 0.05) is 0 Å². The highest BCUT2D eigenvalue weighted by Crippen LogP contribution is 2.29. The molecular formula is C11H21ClSi. The van der Waals surface area contributed by atoms with Crippen LogP contribution in [0.3, 0.4) is 0 Å². The van der Waals surface area contributed by atoms with Crippen LogP contribution >= 0.6 is 11.6 Å². The van der Waals surface area contributed by atoms with Crippen LogP contribution in [-0.4, -0.2) is 8.07 Å². The van der Waals surface area contributed by atoms with E-state index in [0.717, 1.165) is 5.92 Å². The molecule has 1 aliphatic carbocycles. The van der Waals surface area contributed by atoms with Crippen LogP contribution < -0.4 is 0 Å². The third-order valence-corrected chi connectivity index (χ3v) is 6.17. The van der Waals surface area contributed by atoms with E-state index in [1.54, 1.807) is 0 Å². The van der Waals surface area contributed by atoms with Crippen molar-refractivity contribution in [1.29, 1.82) is 0 Å². The minimum atomic E-state index is -1.22. The van der Waals surface area contributed by atoms with E-state index in [4.69, 9.17) is 11.6 Å². The lowest BCUT2D eigenvalue weighted by Gasteiger charge is -2.22. The molecule has 0 spiro atoms. The Morgan fingerprint density at radius 3 is 2.15 bits per heavy atom. The van der Waals surface area contributed by atoms with Gasteiger partial charge < -0.3 is 0 Å². The predicted molar refractivity (Wildman–Crippen MR) is 63.9 cm³/mol. The van der Waals surface area contributed by atoms with Crippen molar-refractivity contribution in [2.45, 2.75) is 51.7 Å². The van der Waals surface area contributed by atoms with Gasteiger partial charge in [0.1, 0.15) is 0 Å². The molecule has 0 aliphatic heterocycles. The summed E-state index contributed by atoms with van der Waals surface area (Å²) in [6.07, 6.45) is 9.30. The maximum absolute atomic E-state index is 6.31. The first-order chi connectivity index (χ1) is 6.00. The molecule has 1 aliphatic rings. The fraction of sp³-hybridized carbons (Fsp3) is 0.818. The van der Waals surface area contributed by atoms with E-state index in [2.05, 4.69) is 25.7 Å². The molecule has 0 amide bonds. The number of halogens is 1. The maximum Gasteiger partial charge on any atom is 0.0918 e. The Kier molecular flexibility index (Phi) is 4.05. The van der Waals surface area contributed by atoms with Crippen LogP contribution in [0.1, 0.15) is 32.1 Å². The van der Waals surface area contributed by atoms with Gasteiger partial charge in [0.2, 0.25) is 0 Å². The second kappa shape index (κ2) is 4.65. The van der Waals surface area contributed by atoms with E-state index in [0.29, 0.717) is 0 Å². The first-order valence-electron chi connectivity index (χ1n) is 5.38. The molecule has 0 saturated heterocycles. The van der Waals surface area contributed by atoms with Crippen LogP contribution in [-0.2, 0) is 0 Å². The lowest BCUT2D eigenvalue weighted by atomic mass is 9.90. The molecular weight excluding hydrogens is 196 g/mol. The zero-order valence-electron chi connectivity index (χ0n) is 9.07. The third kappa shape index (κ3) is 3.86. The molecule has 0 aromatic carbocycles. The fourth-order valence-corrected chi connectivity index (χ4v) is 2.67. The van der Waals surface area contributed by atoms with Gasteiger partial charge >= 0.3 is 0 Å². The summed E-state index contributed by atoms with van der Waals surface area (Å²) in [5.41, 5.74) is 0. The average Bonchev–Trinajstić information content (AvgIpc) is 2.04. The molecule has 2 heteroatoms. The minimum absolute atomic E-state index is 0.785. The number of rotatable bonds is 2. The molecule has 0 atom stereocenters. The van der Waals surface area contributed by atoms with Gasteiger partial charge in [0.15, 0.2) is 0 Å². The molecule has 0 aromatic heterocycles. The highest BCUT2D eigenvalue weighted by Gasteiger charge is 2.20. The lowest BCUT2D eigenvalue weighted by molar-refractivity contribution is 0.419. The summed E-state index contributed by atoms with van der Waals surface area (Å²) in [6, 6.07) is 0. The summed E-state index contributed by atoms with van der Waals surface area (Å²) in [4.78, 5) is 0. The maximum atomic E-state index is 6.31. The molecule has 0 unspecified atom stereocenters. The van der Waals surface area contributed by atoms with Crippen LogP contribution in [0, 0.1) is 5.92 Å². The van der Waals surface area contributed by atoms with Crippen molar-refractivity contribution in [3.63, 3.8) is 0 Å². The molecule has 1 saturated carbocycles. The van der Waals surface area contributed by atoms with E-state index in [-0.39, 0.29) is 0 Å². The second-order valence-electron chi connectivity index (χ2n) is 5.16. The number of hydrogen-bond acceptors (Lipinski definition) is 0. The van der Waals surface area contributed by atoms with Crippen molar-refractivity contribution in [3.05, 3.63) is 10.7 Å². The highest BCUT2D eigenvalue weighted by molar-refractivity contribution is 6.91.